The second kappa shape index (κ2) is 7.70. The molecule has 3 aromatic rings. The number of carbonyl (C=O) groups is 1. The number of carbonyl (C=O) groups excluding carboxylic acids is 1. The van der Waals surface area contributed by atoms with E-state index in [9.17, 15) is 9.18 Å². The van der Waals surface area contributed by atoms with Crippen molar-refractivity contribution in [3.05, 3.63) is 59.4 Å². The highest BCUT2D eigenvalue weighted by Gasteiger charge is 2.13. The zero-order valence-electron chi connectivity index (χ0n) is 14.8. The fraction of sp³-hybridized carbons (Fsp3) is 0.211. The highest BCUT2D eigenvalue weighted by atomic mass is 32.2. The lowest BCUT2D eigenvalue weighted by Crippen LogP contribution is -2.14. The summed E-state index contributed by atoms with van der Waals surface area (Å²) in [5.41, 5.74) is 3.13. The van der Waals surface area contributed by atoms with Crippen LogP contribution < -0.4 is 5.32 Å². The minimum Gasteiger partial charge on any atom is -0.325 e. The molecule has 2 aromatic carbocycles. The van der Waals surface area contributed by atoms with Crippen LogP contribution >= 0.6 is 11.8 Å². The first-order valence-electron chi connectivity index (χ1n) is 8.09. The SMILES string of the molecule is Cc1ccc(-c2nnc(SCC(=O)Nc3ccc(C)c(F)c3)n2C)cc1. The molecule has 1 heterocycles. The van der Waals surface area contributed by atoms with Crippen LogP contribution in [0.25, 0.3) is 11.4 Å². The summed E-state index contributed by atoms with van der Waals surface area (Å²) in [5.74, 6) is 0.341. The van der Waals surface area contributed by atoms with Gasteiger partial charge in [0.2, 0.25) is 5.91 Å². The first-order chi connectivity index (χ1) is 12.4. The number of rotatable bonds is 5. The van der Waals surface area contributed by atoms with Crippen LogP contribution in [-0.4, -0.2) is 26.4 Å². The van der Waals surface area contributed by atoms with Crippen molar-refractivity contribution in [1.29, 1.82) is 0 Å². The minimum absolute atomic E-state index is 0.162. The molecular formula is C19H19FN4OS. The third kappa shape index (κ3) is 4.11. The van der Waals surface area contributed by atoms with Gasteiger partial charge >= 0.3 is 0 Å². The maximum atomic E-state index is 13.5. The van der Waals surface area contributed by atoms with Crippen molar-refractivity contribution >= 4 is 23.4 Å². The van der Waals surface area contributed by atoms with E-state index in [-0.39, 0.29) is 17.5 Å². The van der Waals surface area contributed by atoms with Crippen molar-refractivity contribution in [3.63, 3.8) is 0 Å². The average Bonchev–Trinajstić information content (AvgIpc) is 2.98. The lowest BCUT2D eigenvalue weighted by atomic mass is 10.1. The van der Waals surface area contributed by atoms with Gasteiger partial charge in [0.15, 0.2) is 11.0 Å². The molecule has 0 bridgehead atoms. The Morgan fingerprint density at radius 3 is 2.58 bits per heavy atom. The third-order valence-electron chi connectivity index (χ3n) is 3.93. The molecule has 0 atom stereocenters. The van der Waals surface area contributed by atoms with Gasteiger partial charge in [-0.25, -0.2) is 4.39 Å². The van der Waals surface area contributed by atoms with Gasteiger partial charge < -0.3 is 9.88 Å². The number of nitrogens with zero attached hydrogens (tertiary/aromatic N) is 3. The van der Waals surface area contributed by atoms with Gasteiger partial charge in [0.25, 0.3) is 0 Å². The molecule has 1 N–H and O–H groups in total. The van der Waals surface area contributed by atoms with Gasteiger partial charge in [-0.2, -0.15) is 0 Å². The lowest BCUT2D eigenvalue weighted by molar-refractivity contribution is -0.113. The highest BCUT2D eigenvalue weighted by molar-refractivity contribution is 7.99. The van der Waals surface area contributed by atoms with E-state index in [0.29, 0.717) is 16.4 Å². The molecule has 1 aromatic heterocycles. The second-order valence-corrected chi connectivity index (χ2v) is 6.97. The fourth-order valence-corrected chi connectivity index (χ4v) is 3.10. The Labute approximate surface area is 155 Å². The van der Waals surface area contributed by atoms with Gasteiger partial charge in [0.1, 0.15) is 5.82 Å². The predicted molar refractivity (Wildman–Crippen MR) is 102 cm³/mol. The van der Waals surface area contributed by atoms with Gasteiger partial charge in [0, 0.05) is 18.3 Å². The van der Waals surface area contributed by atoms with E-state index >= 15 is 0 Å². The largest absolute Gasteiger partial charge is 0.325 e. The molecule has 0 unspecified atom stereocenters. The number of amides is 1. The molecule has 5 nitrogen and oxygen atoms in total. The molecule has 26 heavy (non-hydrogen) atoms. The molecule has 1 amide bonds. The number of anilines is 1. The van der Waals surface area contributed by atoms with Crippen molar-refractivity contribution in [3.8, 4) is 11.4 Å². The average molecular weight is 370 g/mol. The minimum atomic E-state index is -0.341. The Balaban J connectivity index is 1.63. The molecule has 0 saturated heterocycles. The summed E-state index contributed by atoms with van der Waals surface area (Å²) in [6.45, 7) is 3.71. The number of aryl methyl sites for hydroxylation is 2. The summed E-state index contributed by atoms with van der Waals surface area (Å²) in [5, 5.41) is 11.7. The molecule has 3 rings (SSSR count). The van der Waals surface area contributed by atoms with Crippen LogP contribution in [-0.2, 0) is 11.8 Å². The monoisotopic (exact) mass is 370 g/mol. The number of thioether (sulfide) groups is 1. The molecule has 0 aliphatic rings. The van der Waals surface area contributed by atoms with Crippen LogP contribution in [0.5, 0.6) is 0 Å². The van der Waals surface area contributed by atoms with E-state index < -0.39 is 0 Å². The van der Waals surface area contributed by atoms with Crippen LogP contribution in [0.4, 0.5) is 10.1 Å². The molecule has 134 valence electrons. The van der Waals surface area contributed by atoms with Crippen LogP contribution in [0.1, 0.15) is 11.1 Å². The molecule has 0 aliphatic heterocycles. The molecule has 0 radical (unpaired) electrons. The van der Waals surface area contributed by atoms with Gasteiger partial charge in [0.05, 0.1) is 5.75 Å². The quantitative estimate of drug-likeness (QED) is 0.691. The standard InChI is InChI=1S/C19H19FN4OS/c1-12-4-7-14(8-5-12)18-22-23-19(24(18)3)26-11-17(25)21-15-9-6-13(2)16(20)10-15/h4-10H,11H2,1-3H3,(H,21,25). The highest BCUT2D eigenvalue weighted by Crippen LogP contribution is 2.23. The van der Waals surface area contributed by atoms with E-state index in [0.717, 1.165) is 11.4 Å². The van der Waals surface area contributed by atoms with Gasteiger partial charge in [-0.3, -0.25) is 4.79 Å². The van der Waals surface area contributed by atoms with E-state index in [2.05, 4.69) is 15.5 Å². The summed E-state index contributed by atoms with van der Waals surface area (Å²) in [6.07, 6.45) is 0. The van der Waals surface area contributed by atoms with E-state index in [1.165, 1.54) is 23.4 Å². The Bertz CT molecular complexity index is 937. The normalized spacial score (nSPS) is 10.8. The maximum Gasteiger partial charge on any atom is 0.234 e. The summed E-state index contributed by atoms with van der Waals surface area (Å²) < 4.78 is 15.4. The van der Waals surface area contributed by atoms with Gasteiger partial charge in [-0.05, 0) is 31.5 Å². The Kier molecular flexibility index (Phi) is 5.37. The first kappa shape index (κ1) is 18.1. The zero-order chi connectivity index (χ0) is 18.7. The number of nitrogens with one attached hydrogen (secondary N) is 1. The molecule has 0 aliphatic carbocycles. The molecule has 7 heteroatoms. The number of benzene rings is 2. The lowest BCUT2D eigenvalue weighted by Gasteiger charge is -2.07. The Hall–Kier alpha value is -2.67. The van der Waals surface area contributed by atoms with Crippen molar-refractivity contribution in [2.24, 2.45) is 7.05 Å². The molecule has 0 saturated carbocycles. The Morgan fingerprint density at radius 1 is 1.15 bits per heavy atom. The smallest absolute Gasteiger partial charge is 0.234 e. The van der Waals surface area contributed by atoms with Crippen molar-refractivity contribution < 1.29 is 9.18 Å². The van der Waals surface area contributed by atoms with Crippen LogP contribution in [0.15, 0.2) is 47.6 Å². The van der Waals surface area contributed by atoms with Crippen LogP contribution in [0.2, 0.25) is 0 Å². The van der Waals surface area contributed by atoms with Crippen molar-refractivity contribution in [2.45, 2.75) is 19.0 Å². The first-order valence-corrected chi connectivity index (χ1v) is 9.08. The number of halogens is 1. The van der Waals surface area contributed by atoms with Crippen molar-refractivity contribution in [2.75, 3.05) is 11.1 Å². The molecule has 0 spiro atoms. The van der Waals surface area contributed by atoms with E-state index in [1.54, 1.807) is 19.1 Å². The van der Waals surface area contributed by atoms with E-state index in [4.69, 9.17) is 0 Å². The van der Waals surface area contributed by atoms with Crippen LogP contribution in [0, 0.1) is 19.7 Å². The van der Waals surface area contributed by atoms with E-state index in [1.807, 2.05) is 42.8 Å². The zero-order valence-corrected chi connectivity index (χ0v) is 15.6. The van der Waals surface area contributed by atoms with Crippen LogP contribution in [0.3, 0.4) is 0 Å². The number of hydrogen-bond acceptors (Lipinski definition) is 4. The van der Waals surface area contributed by atoms with Crippen molar-refractivity contribution in [1.82, 2.24) is 14.8 Å². The summed E-state index contributed by atoms with van der Waals surface area (Å²) in [7, 11) is 1.87. The number of hydrogen-bond donors (Lipinski definition) is 1. The summed E-state index contributed by atoms with van der Waals surface area (Å²) in [4.78, 5) is 12.1. The van der Waals surface area contributed by atoms with Gasteiger partial charge in [-0.1, -0.05) is 47.7 Å². The predicted octanol–water partition coefficient (Wildman–Crippen LogP) is 3.97. The fourth-order valence-electron chi connectivity index (χ4n) is 2.39. The molecule has 0 fully saturated rings. The summed E-state index contributed by atoms with van der Waals surface area (Å²) in [6, 6.07) is 12.7. The van der Waals surface area contributed by atoms with Gasteiger partial charge in [-0.15, -0.1) is 10.2 Å². The third-order valence-corrected chi connectivity index (χ3v) is 4.95. The second-order valence-electron chi connectivity index (χ2n) is 6.03. The topological polar surface area (TPSA) is 59.8 Å². The Morgan fingerprint density at radius 2 is 1.88 bits per heavy atom. The maximum absolute atomic E-state index is 13.5. The number of aromatic nitrogens is 3. The summed E-state index contributed by atoms with van der Waals surface area (Å²) >= 11 is 1.28. The molecular weight excluding hydrogens is 351 g/mol.